The van der Waals surface area contributed by atoms with E-state index in [0.717, 1.165) is 129 Å². The Bertz CT molecular complexity index is 5310. The highest BCUT2D eigenvalue weighted by atomic mass is 16.6. The zero-order valence-corrected chi connectivity index (χ0v) is 69.1. The number of nitrogens with one attached hydrogen (secondary N) is 2. The lowest BCUT2D eigenvalue weighted by molar-refractivity contribution is 0.0180. The first-order valence-corrected chi connectivity index (χ1v) is 38.9. The molecule has 10 aromatic rings. The van der Waals surface area contributed by atoms with Crippen LogP contribution >= 0.6 is 0 Å². The number of ether oxygens (including phenoxy) is 8. The van der Waals surface area contributed by atoms with Crippen molar-refractivity contribution in [2.24, 2.45) is 0 Å². The van der Waals surface area contributed by atoms with Crippen LogP contribution in [-0.4, -0.2) is 148 Å². The Labute approximate surface area is 669 Å². The molecule has 2 N–H and O–H groups in total. The zero-order valence-electron chi connectivity index (χ0n) is 69.1. The van der Waals surface area contributed by atoms with Gasteiger partial charge in [-0.05, 0) is 255 Å². The molecule has 5 heterocycles. The Kier molecular flexibility index (Phi) is 27.0. The molecular weight excluding hydrogens is 1400 g/mol. The van der Waals surface area contributed by atoms with Crippen molar-refractivity contribution in [3.63, 3.8) is 0 Å². The average molecular weight is 1510 g/mol. The molecule has 8 bridgehead atoms. The molecule has 0 atom stereocenters. The monoisotopic (exact) mass is 1500 g/mol. The van der Waals surface area contributed by atoms with Gasteiger partial charge in [0.1, 0.15) is 24.7 Å². The Morgan fingerprint density at radius 1 is 0.327 bits per heavy atom. The molecule has 0 amide bonds. The van der Waals surface area contributed by atoms with Crippen LogP contribution in [0.1, 0.15) is 123 Å². The standard InChI is InChI=1S/C98H105BN6O8/c1-62-68(7)96(69(8)63(2)84(62)39-23-74-19-31-80(32-20-74)104(13)14)99(97-70(9)64(3)85(65(4)71(97)10)40-24-75-21-33-81(34-22-75)105(15)16)98-72(11)66(5)86(67(6)73(98)12)41-42-87-88-45-47-92(102-88)94(76-25-35-82(36-26-76)112-59-57-110-55-53-108-51-49-106-17)90-43-29-78(100-90)61-79-30-44-91(101-79)95(93-48-46-89(87)103-93)77-27-37-83(38-28-77)113-60-58-111-56-54-109-52-50-107-18/h19-22,25-38,43-48,61,100,103H,49-60H2,1-18H3. The molecule has 113 heavy (non-hydrogen) atoms. The minimum atomic E-state index is -0.175. The maximum Gasteiger partial charge on any atom is 0.243 e. The van der Waals surface area contributed by atoms with Crippen LogP contribution in [0.2, 0.25) is 0 Å². The molecule has 3 aromatic heterocycles. The molecule has 0 fully saturated rings. The maximum atomic E-state index is 6.20. The fraction of sp³-hybridized carbons (Fsp3) is 0.306. The third kappa shape index (κ3) is 18.7. The summed E-state index contributed by atoms with van der Waals surface area (Å²) in [6.45, 7) is 32.9. The van der Waals surface area contributed by atoms with Crippen molar-refractivity contribution < 1.29 is 37.9 Å². The number of hydrogen-bond donors (Lipinski definition) is 2. The quantitative estimate of drug-likeness (QED) is 0.0288. The first-order chi connectivity index (χ1) is 54.6. The summed E-state index contributed by atoms with van der Waals surface area (Å²) < 4.78 is 45.3. The van der Waals surface area contributed by atoms with Crippen molar-refractivity contribution >= 4 is 80.8 Å². The number of aromatic amines is 2. The van der Waals surface area contributed by atoms with Crippen molar-refractivity contribution in [1.29, 1.82) is 0 Å². The SMILES string of the molecule is COCCOCCOCCOc1ccc(-c2c3nc(c(C#Cc4c(C)c(C)c(B(c5c(C)c(C)c(C#Cc6ccc(N(C)C)cc6)c(C)c5C)c5c(C)c(C)c(C#Cc6ccc(N(C)C)cc6)c(C)c5C)c(C)c4C)c4ccc([nH]4)c(-c4ccc(OCCOCCOCCOC)cc4)c4nc(cc5ccc2[nH]5)C=C4)C=C3)cc1. The minimum Gasteiger partial charge on any atom is -0.491 e. The largest absolute Gasteiger partial charge is 0.491 e. The Hall–Kier alpha value is -11.2. The van der Waals surface area contributed by atoms with Crippen LogP contribution < -0.4 is 35.7 Å². The molecule has 0 saturated heterocycles. The van der Waals surface area contributed by atoms with Crippen LogP contribution in [0.3, 0.4) is 0 Å². The fourth-order valence-corrected chi connectivity index (χ4v) is 15.1. The summed E-state index contributed by atoms with van der Waals surface area (Å²) in [6.07, 6.45) is 8.34. The van der Waals surface area contributed by atoms with E-state index in [4.69, 9.17) is 47.9 Å². The molecule has 0 spiro atoms. The first kappa shape index (κ1) is 81.3. The highest BCUT2D eigenvalue weighted by molar-refractivity contribution is 6.97. The smallest absolute Gasteiger partial charge is 0.243 e. The molecule has 7 aromatic carbocycles. The van der Waals surface area contributed by atoms with Gasteiger partial charge in [0.05, 0.1) is 99.9 Å². The first-order valence-electron chi connectivity index (χ1n) is 38.9. The van der Waals surface area contributed by atoms with Gasteiger partial charge in [-0.25, -0.2) is 9.97 Å². The Morgan fingerprint density at radius 2 is 0.673 bits per heavy atom. The average Bonchev–Trinajstić information content (AvgIpc) is 1.72. The van der Waals surface area contributed by atoms with Crippen LogP contribution in [0.15, 0.2) is 127 Å². The van der Waals surface area contributed by atoms with Crippen LogP contribution in [0.4, 0.5) is 11.4 Å². The zero-order chi connectivity index (χ0) is 80.0. The normalized spacial score (nSPS) is 11.5. The van der Waals surface area contributed by atoms with Crippen molar-refractivity contribution in [1.82, 2.24) is 19.9 Å². The highest BCUT2D eigenvalue weighted by Crippen LogP contribution is 2.36. The summed E-state index contributed by atoms with van der Waals surface area (Å²) in [5.41, 5.74) is 36.5. The predicted molar refractivity (Wildman–Crippen MR) is 468 cm³/mol. The predicted octanol–water partition coefficient (Wildman–Crippen LogP) is 16.7. The number of methoxy groups -OCH3 is 2. The van der Waals surface area contributed by atoms with E-state index < -0.39 is 0 Å². The molecule has 0 aliphatic carbocycles. The molecule has 15 heteroatoms. The summed E-state index contributed by atoms with van der Waals surface area (Å²) in [6, 6.07) is 43.8. The van der Waals surface area contributed by atoms with Gasteiger partial charge in [-0.3, -0.25) is 0 Å². The molecule has 2 aliphatic rings. The van der Waals surface area contributed by atoms with Crippen molar-refractivity contribution in [3.8, 4) is 69.3 Å². The summed E-state index contributed by atoms with van der Waals surface area (Å²) >= 11 is 0. The Morgan fingerprint density at radius 3 is 1.09 bits per heavy atom. The van der Waals surface area contributed by atoms with Crippen molar-refractivity contribution in [2.75, 3.05) is 131 Å². The van der Waals surface area contributed by atoms with E-state index in [9.17, 15) is 0 Å². The second kappa shape index (κ2) is 37.4. The van der Waals surface area contributed by atoms with E-state index in [2.05, 4.69) is 294 Å². The van der Waals surface area contributed by atoms with Gasteiger partial charge in [-0.15, -0.1) is 0 Å². The van der Waals surface area contributed by atoms with Gasteiger partial charge < -0.3 is 57.7 Å². The molecule has 12 rings (SSSR count). The lowest BCUT2D eigenvalue weighted by Gasteiger charge is -2.31. The van der Waals surface area contributed by atoms with Gasteiger partial charge in [0.15, 0.2) is 0 Å². The summed E-state index contributed by atoms with van der Waals surface area (Å²) in [7, 11) is 11.6. The van der Waals surface area contributed by atoms with Crippen LogP contribution in [0.5, 0.6) is 11.5 Å². The number of rotatable bonds is 27. The molecule has 0 unspecified atom stereocenters. The second-order valence-electron chi connectivity index (χ2n) is 29.5. The van der Waals surface area contributed by atoms with Gasteiger partial charge in [0.25, 0.3) is 0 Å². The molecule has 14 nitrogen and oxygen atoms in total. The number of nitrogens with zero attached hydrogens (tertiary/aromatic N) is 4. The van der Waals surface area contributed by atoms with E-state index >= 15 is 0 Å². The van der Waals surface area contributed by atoms with Gasteiger partial charge in [-0.1, -0.05) is 110 Å². The number of anilines is 2. The number of aromatic nitrogens is 4. The van der Waals surface area contributed by atoms with E-state index in [1.54, 1.807) is 14.2 Å². The van der Waals surface area contributed by atoms with E-state index in [1.807, 2.05) is 24.3 Å². The van der Waals surface area contributed by atoms with Crippen molar-refractivity contribution in [2.45, 2.75) is 83.1 Å². The van der Waals surface area contributed by atoms with Gasteiger partial charge in [-0.2, -0.15) is 0 Å². The minimum absolute atomic E-state index is 0.175. The highest BCUT2D eigenvalue weighted by Gasteiger charge is 2.36. The number of H-pyrrole nitrogens is 2. The number of fused-ring (bicyclic) bond motifs is 8. The molecule has 0 saturated carbocycles. The fourth-order valence-electron chi connectivity index (χ4n) is 15.1. The van der Waals surface area contributed by atoms with Crippen LogP contribution in [0, 0.1) is 119 Å². The lowest BCUT2D eigenvalue weighted by atomic mass is 9.32. The van der Waals surface area contributed by atoms with Crippen LogP contribution in [-0.2, 0) is 28.4 Å². The van der Waals surface area contributed by atoms with Crippen molar-refractivity contribution in [3.05, 3.63) is 250 Å². The molecular formula is C98H105BN6O8. The van der Waals surface area contributed by atoms with E-state index in [1.165, 1.54) is 72.0 Å². The number of hydrogen-bond acceptors (Lipinski definition) is 12. The third-order valence-electron chi connectivity index (χ3n) is 22.1. The molecule has 0 radical (unpaired) electrons. The van der Waals surface area contributed by atoms with Crippen LogP contribution in [0.25, 0.3) is 68.6 Å². The number of benzene rings is 7. The third-order valence-corrected chi connectivity index (χ3v) is 22.1. The topological polar surface area (TPSA) is 138 Å². The molecule has 578 valence electrons. The molecule has 2 aliphatic heterocycles. The van der Waals surface area contributed by atoms with Gasteiger partial charge in [0, 0.05) is 109 Å². The Balaban J connectivity index is 1.01. The van der Waals surface area contributed by atoms with E-state index in [0.29, 0.717) is 85.0 Å². The van der Waals surface area contributed by atoms with Gasteiger partial charge in [0.2, 0.25) is 6.71 Å². The van der Waals surface area contributed by atoms with E-state index in [-0.39, 0.29) is 6.71 Å². The lowest BCUT2D eigenvalue weighted by Crippen LogP contribution is -2.58. The maximum absolute atomic E-state index is 6.20. The summed E-state index contributed by atoms with van der Waals surface area (Å²) in [5, 5.41) is 0. The summed E-state index contributed by atoms with van der Waals surface area (Å²) in [4.78, 5) is 22.8. The van der Waals surface area contributed by atoms with Gasteiger partial charge >= 0.3 is 0 Å². The second-order valence-corrected chi connectivity index (χ2v) is 29.5. The summed E-state index contributed by atoms with van der Waals surface area (Å²) in [5.74, 6) is 23.7.